The number of carbonyl (C=O) groups is 2. The Kier molecular flexibility index (Phi) is 3.25. The third-order valence-electron chi connectivity index (χ3n) is 1.61. The van der Waals surface area contributed by atoms with Crippen LogP contribution in [-0.4, -0.2) is 37.4 Å². The first-order chi connectivity index (χ1) is 6.09. The summed E-state index contributed by atoms with van der Waals surface area (Å²) in [5, 5.41) is 0. The normalized spacial score (nSPS) is 26.9. The van der Waals surface area contributed by atoms with Gasteiger partial charge in [-0.3, -0.25) is 9.59 Å². The first-order valence-electron chi connectivity index (χ1n) is 4.02. The first-order valence-corrected chi connectivity index (χ1v) is 4.02. The molecule has 0 amide bonds. The molecule has 0 aliphatic carbocycles. The van der Waals surface area contributed by atoms with Gasteiger partial charge in [-0.25, -0.2) is 0 Å². The summed E-state index contributed by atoms with van der Waals surface area (Å²) >= 11 is 0. The summed E-state index contributed by atoms with van der Waals surface area (Å²) in [6, 6.07) is 0. The molecule has 0 bridgehead atoms. The molecule has 1 aliphatic heterocycles. The molecule has 1 fully saturated rings. The van der Waals surface area contributed by atoms with E-state index in [0.29, 0.717) is 0 Å². The van der Waals surface area contributed by atoms with E-state index in [-0.39, 0.29) is 13.2 Å². The summed E-state index contributed by atoms with van der Waals surface area (Å²) in [6.45, 7) is 3.20. The van der Waals surface area contributed by atoms with Crippen LogP contribution in [0.2, 0.25) is 0 Å². The Morgan fingerprint density at radius 1 is 1.08 bits per heavy atom. The molecular formula is C8H12O5. The van der Waals surface area contributed by atoms with Crippen LogP contribution in [0.4, 0.5) is 0 Å². The van der Waals surface area contributed by atoms with Crippen molar-refractivity contribution in [2.45, 2.75) is 26.1 Å². The van der Waals surface area contributed by atoms with Gasteiger partial charge in [0.25, 0.3) is 0 Å². The number of carbonyl (C=O) groups excluding carboxylic acids is 2. The smallest absolute Gasteiger partial charge is 0.303 e. The molecule has 2 atom stereocenters. The maximum Gasteiger partial charge on any atom is 0.303 e. The fraction of sp³-hybridized carbons (Fsp3) is 0.750. The highest BCUT2D eigenvalue weighted by Crippen LogP contribution is 2.13. The zero-order chi connectivity index (χ0) is 9.84. The van der Waals surface area contributed by atoms with Crippen LogP contribution in [0.5, 0.6) is 0 Å². The van der Waals surface area contributed by atoms with Crippen molar-refractivity contribution in [3.63, 3.8) is 0 Å². The summed E-state index contributed by atoms with van der Waals surface area (Å²) in [6.07, 6.45) is -0.914. The van der Waals surface area contributed by atoms with Crippen molar-refractivity contribution in [3.05, 3.63) is 0 Å². The van der Waals surface area contributed by atoms with E-state index < -0.39 is 24.1 Å². The van der Waals surface area contributed by atoms with E-state index in [4.69, 9.17) is 14.2 Å². The fourth-order valence-corrected chi connectivity index (χ4v) is 1.16. The van der Waals surface area contributed by atoms with Crippen molar-refractivity contribution >= 4 is 11.9 Å². The molecule has 0 aromatic carbocycles. The lowest BCUT2D eigenvalue weighted by molar-refractivity contribution is -0.160. The van der Waals surface area contributed by atoms with Crippen molar-refractivity contribution in [3.8, 4) is 0 Å². The number of hydrogen-bond acceptors (Lipinski definition) is 5. The molecule has 1 saturated heterocycles. The third-order valence-corrected chi connectivity index (χ3v) is 1.61. The van der Waals surface area contributed by atoms with Crippen molar-refractivity contribution in [1.29, 1.82) is 0 Å². The summed E-state index contributed by atoms with van der Waals surface area (Å²) in [5.74, 6) is -0.791. The van der Waals surface area contributed by atoms with Crippen LogP contribution in [0.1, 0.15) is 13.8 Å². The molecule has 74 valence electrons. The van der Waals surface area contributed by atoms with Crippen LogP contribution in [0, 0.1) is 0 Å². The molecule has 0 aromatic heterocycles. The predicted molar refractivity (Wildman–Crippen MR) is 41.9 cm³/mol. The molecule has 0 radical (unpaired) electrons. The number of hydrogen-bond donors (Lipinski definition) is 0. The van der Waals surface area contributed by atoms with Crippen molar-refractivity contribution in [2.75, 3.05) is 13.2 Å². The second-order valence-corrected chi connectivity index (χ2v) is 2.83. The number of ether oxygens (including phenoxy) is 3. The van der Waals surface area contributed by atoms with E-state index in [1.807, 2.05) is 0 Å². The van der Waals surface area contributed by atoms with Crippen LogP contribution in [0.15, 0.2) is 0 Å². The predicted octanol–water partition coefficient (Wildman–Crippen LogP) is -0.120. The number of rotatable bonds is 2. The van der Waals surface area contributed by atoms with Gasteiger partial charge >= 0.3 is 11.9 Å². The van der Waals surface area contributed by atoms with Crippen LogP contribution in [-0.2, 0) is 23.8 Å². The molecule has 5 heteroatoms. The van der Waals surface area contributed by atoms with Gasteiger partial charge in [-0.2, -0.15) is 0 Å². The average molecular weight is 188 g/mol. The summed E-state index contributed by atoms with van der Waals surface area (Å²) in [4.78, 5) is 21.2. The highest BCUT2D eigenvalue weighted by molar-refractivity contribution is 5.67. The van der Waals surface area contributed by atoms with Crippen molar-refractivity contribution < 1.29 is 23.8 Å². The molecule has 1 rings (SSSR count). The molecule has 0 aromatic rings. The van der Waals surface area contributed by atoms with Gasteiger partial charge in [0.1, 0.15) is 0 Å². The summed E-state index contributed by atoms with van der Waals surface area (Å²) in [5.41, 5.74) is 0. The Morgan fingerprint density at radius 2 is 1.46 bits per heavy atom. The molecule has 1 heterocycles. The average Bonchev–Trinajstić information content (AvgIpc) is 2.34. The topological polar surface area (TPSA) is 61.8 Å². The highest BCUT2D eigenvalue weighted by atomic mass is 16.6. The van der Waals surface area contributed by atoms with E-state index in [1.165, 1.54) is 13.8 Å². The Bertz CT molecular complexity index is 191. The van der Waals surface area contributed by atoms with Gasteiger partial charge in [0, 0.05) is 13.8 Å². The Balaban J connectivity index is 2.43. The van der Waals surface area contributed by atoms with E-state index in [0.717, 1.165) is 0 Å². The minimum absolute atomic E-state index is 0.289. The summed E-state index contributed by atoms with van der Waals surface area (Å²) in [7, 11) is 0. The first kappa shape index (κ1) is 9.98. The quantitative estimate of drug-likeness (QED) is 0.565. The van der Waals surface area contributed by atoms with Gasteiger partial charge in [0.05, 0.1) is 13.2 Å². The van der Waals surface area contributed by atoms with E-state index in [1.54, 1.807) is 0 Å². The van der Waals surface area contributed by atoms with E-state index >= 15 is 0 Å². The monoisotopic (exact) mass is 188 g/mol. The minimum Gasteiger partial charge on any atom is -0.456 e. The Labute approximate surface area is 76.0 Å². The van der Waals surface area contributed by atoms with Gasteiger partial charge in [0.2, 0.25) is 0 Å². The second-order valence-electron chi connectivity index (χ2n) is 2.83. The van der Waals surface area contributed by atoms with Gasteiger partial charge in [-0.05, 0) is 0 Å². The third kappa shape index (κ3) is 3.02. The lowest BCUT2D eigenvalue weighted by Gasteiger charge is -2.16. The summed E-state index contributed by atoms with van der Waals surface area (Å²) < 4.78 is 14.8. The largest absolute Gasteiger partial charge is 0.456 e. The van der Waals surface area contributed by atoms with Crippen molar-refractivity contribution in [1.82, 2.24) is 0 Å². The Morgan fingerprint density at radius 3 is 1.77 bits per heavy atom. The molecular weight excluding hydrogens is 176 g/mol. The van der Waals surface area contributed by atoms with Crippen LogP contribution < -0.4 is 0 Å². The zero-order valence-electron chi connectivity index (χ0n) is 7.61. The minimum atomic E-state index is -0.457. The van der Waals surface area contributed by atoms with Gasteiger partial charge in [0.15, 0.2) is 12.2 Å². The molecule has 0 N–H and O–H groups in total. The van der Waals surface area contributed by atoms with Crippen LogP contribution >= 0.6 is 0 Å². The molecule has 5 nitrogen and oxygen atoms in total. The maximum absolute atomic E-state index is 10.6. The highest BCUT2D eigenvalue weighted by Gasteiger charge is 2.33. The molecule has 13 heavy (non-hydrogen) atoms. The SMILES string of the molecule is CC(=O)O[C@@H]1COC[C@H]1OC(C)=O. The molecule has 1 aliphatic rings. The van der Waals surface area contributed by atoms with Crippen LogP contribution in [0.25, 0.3) is 0 Å². The zero-order valence-corrected chi connectivity index (χ0v) is 7.61. The number of esters is 2. The van der Waals surface area contributed by atoms with E-state index in [9.17, 15) is 9.59 Å². The van der Waals surface area contributed by atoms with Gasteiger partial charge < -0.3 is 14.2 Å². The van der Waals surface area contributed by atoms with E-state index in [2.05, 4.69) is 0 Å². The van der Waals surface area contributed by atoms with Crippen molar-refractivity contribution in [2.24, 2.45) is 0 Å². The lowest BCUT2D eigenvalue weighted by atomic mass is 10.2. The van der Waals surface area contributed by atoms with Gasteiger partial charge in [-0.15, -0.1) is 0 Å². The Hall–Kier alpha value is -1.10. The second kappa shape index (κ2) is 4.23. The van der Waals surface area contributed by atoms with Crippen LogP contribution in [0.3, 0.4) is 0 Å². The molecule has 0 unspecified atom stereocenters. The lowest BCUT2D eigenvalue weighted by Crippen LogP contribution is -2.32. The maximum atomic E-state index is 10.6. The fourth-order valence-electron chi connectivity index (χ4n) is 1.16. The standard InChI is InChI=1S/C8H12O5/c1-5(9)12-7-3-11-4-8(7)13-6(2)10/h7-8H,3-4H2,1-2H3/t7-,8-/m1/s1. The molecule has 0 spiro atoms. The van der Waals surface area contributed by atoms with Gasteiger partial charge in [-0.1, -0.05) is 0 Å². The molecule has 0 saturated carbocycles.